The third-order valence-electron chi connectivity index (χ3n) is 3.49. The molecule has 1 atom stereocenters. The van der Waals surface area contributed by atoms with Crippen LogP contribution >= 0.6 is 35.0 Å². The summed E-state index contributed by atoms with van der Waals surface area (Å²) in [6.45, 7) is 5.55. The Balaban J connectivity index is 2.34. The molecule has 8 heteroatoms. The number of ether oxygens (including phenoxy) is 2. The van der Waals surface area contributed by atoms with Gasteiger partial charge in [-0.25, -0.2) is 4.79 Å². The quantitative estimate of drug-likeness (QED) is 0.708. The van der Waals surface area contributed by atoms with E-state index < -0.39 is 12.1 Å². The van der Waals surface area contributed by atoms with Crippen LogP contribution in [0.25, 0.3) is 0 Å². The van der Waals surface area contributed by atoms with Crippen LogP contribution in [-0.4, -0.2) is 29.0 Å². The highest BCUT2D eigenvalue weighted by Gasteiger charge is 2.19. The largest absolute Gasteiger partial charge is 0.477 e. The summed E-state index contributed by atoms with van der Waals surface area (Å²) in [6, 6.07) is 3.32. The molecular formula is C16H18Cl2N2O3S. The molecule has 1 aromatic heterocycles. The van der Waals surface area contributed by atoms with Gasteiger partial charge in [0.15, 0.2) is 6.10 Å². The molecule has 0 radical (unpaired) electrons. The minimum Gasteiger partial charge on any atom is -0.477 e. The predicted molar refractivity (Wildman–Crippen MR) is 95.4 cm³/mol. The number of aryl methyl sites for hydroxylation is 2. The second-order valence-corrected chi connectivity index (χ2v) is 7.08. The Morgan fingerprint density at radius 1 is 1.29 bits per heavy atom. The summed E-state index contributed by atoms with van der Waals surface area (Å²) in [5.41, 5.74) is 2.04. The summed E-state index contributed by atoms with van der Waals surface area (Å²) in [4.78, 5) is 12.3. The maximum absolute atomic E-state index is 11.5. The van der Waals surface area contributed by atoms with Gasteiger partial charge in [-0.3, -0.25) is 4.68 Å². The van der Waals surface area contributed by atoms with Gasteiger partial charge in [0.05, 0.1) is 22.8 Å². The third kappa shape index (κ3) is 3.99. The highest BCUT2D eigenvalue weighted by molar-refractivity contribution is 7.99. The van der Waals surface area contributed by atoms with E-state index in [-0.39, 0.29) is 0 Å². The maximum atomic E-state index is 11.5. The summed E-state index contributed by atoms with van der Waals surface area (Å²) in [5, 5.41) is 6.20. The van der Waals surface area contributed by atoms with E-state index in [2.05, 4.69) is 9.84 Å². The Morgan fingerprint density at radius 2 is 1.96 bits per heavy atom. The van der Waals surface area contributed by atoms with Crippen LogP contribution in [0.3, 0.4) is 0 Å². The molecule has 0 aliphatic heterocycles. The fraction of sp³-hybridized carbons (Fsp3) is 0.375. The lowest BCUT2D eigenvalue weighted by molar-refractivity contribution is -0.147. The summed E-state index contributed by atoms with van der Waals surface area (Å²) in [5.74, 6) is -0.105. The number of carbonyl (C=O) groups excluding carboxylic acids is 1. The van der Waals surface area contributed by atoms with Crippen LogP contribution in [0.5, 0.6) is 5.75 Å². The first-order valence-corrected chi connectivity index (χ1v) is 8.73. The average Bonchev–Trinajstić information content (AvgIpc) is 2.77. The maximum Gasteiger partial charge on any atom is 0.346 e. The van der Waals surface area contributed by atoms with Gasteiger partial charge >= 0.3 is 5.97 Å². The minimum absolute atomic E-state index is 0.331. The molecule has 0 amide bonds. The molecule has 0 aliphatic rings. The van der Waals surface area contributed by atoms with Crippen molar-refractivity contribution in [2.75, 3.05) is 7.11 Å². The number of hydrogen-bond acceptors (Lipinski definition) is 5. The van der Waals surface area contributed by atoms with Gasteiger partial charge in [-0.1, -0.05) is 35.0 Å². The highest BCUT2D eigenvalue weighted by atomic mass is 35.5. The molecule has 130 valence electrons. The second-order valence-electron chi connectivity index (χ2n) is 5.24. The zero-order valence-electron chi connectivity index (χ0n) is 14.0. The fourth-order valence-electron chi connectivity index (χ4n) is 2.07. The molecule has 1 aromatic carbocycles. The Morgan fingerprint density at radius 3 is 2.50 bits per heavy atom. The van der Waals surface area contributed by atoms with Crippen molar-refractivity contribution >= 4 is 40.9 Å². The van der Waals surface area contributed by atoms with Crippen LogP contribution in [-0.2, 0) is 16.6 Å². The van der Waals surface area contributed by atoms with Crippen molar-refractivity contribution in [3.63, 3.8) is 0 Å². The van der Waals surface area contributed by atoms with Crippen LogP contribution in [0.2, 0.25) is 10.0 Å². The molecule has 0 N–H and O–H groups in total. The fourth-order valence-corrected chi connectivity index (χ4v) is 3.62. The molecule has 0 fully saturated rings. The lowest BCUT2D eigenvalue weighted by Crippen LogP contribution is -2.25. The molecule has 0 saturated carbocycles. The monoisotopic (exact) mass is 388 g/mol. The number of esters is 1. The first-order chi connectivity index (χ1) is 11.2. The van der Waals surface area contributed by atoms with E-state index in [0.717, 1.165) is 21.2 Å². The molecule has 2 aromatic rings. The van der Waals surface area contributed by atoms with Gasteiger partial charge in [0, 0.05) is 17.5 Å². The van der Waals surface area contributed by atoms with Crippen LogP contribution in [0.1, 0.15) is 18.2 Å². The molecule has 0 aliphatic carbocycles. The van der Waals surface area contributed by atoms with Crippen molar-refractivity contribution in [2.24, 2.45) is 7.05 Å². The van der Waals surface area contributed by atoms with Gasteiger partial charge in [0.1, 0.15) is 10.8 Å². The van der Waals surface area contributed by atoms with Gasteiger partial charge in [0.2, 0.25) is 0 Å². The molecule has 0 spiro atoms. The Kier molecular flexibility index (Phi) is 6.06. The zero-order chi connectivity index (χ0) is 18.0. The van der Waals surface area contributed by atoms with Gasteiger partial charge in [0.25, 0.3) is 0 Å². The topological polar surface area (TPSA) is 53.4 Å². The number of methoxy groups -OCH3 is 1. The Bertz CT molecular complexity index is 777. The van der Waals surface area contributed by atoms with E-state index >= 15 is 0 Å². The number of nitrogens with zero attached hydrogens (tertiary/aromatic N) is 2. The number of benzene rings is 1. The van der Waals surface area contributed by atoms with Crippen molar-refractivity contribution in [1.29, 1.82) is 0 Å². The SMILES string of the molecule is COC(=O)[C@H](C)Oc1cc(Sc2c(C)c(C)nn2C)c(Cl)cc1Cl. The number of carbonyl (C=O) groups is 1. The molecule has 0 saturated heterocycles. The van der Waals surface area contributed by atoms with Crippen molar-refractivity contribution in [2.45, 2.75) is 36.8 Å². The molecule has 0 unspecified atom stereocenters. The highest BCUT2D eigenvalue weighted by Crippen LogP contribution is 2.41. The third-order valence-corrected chi connectivity index (χ3v) is 5.53. The van der Waals surface area contributed by atoms with Crippen molar-refractivity contribution in [3.8, 4) is 5.75 Å². The molecule has 1 heterocycles. The Labute approximate surface area is 155 Å². The molecule has 24 heavy (non-hydrogen) atoms. The summed E-state index contributed by atoms with van der Waals surface area (Å²) >= 11 is 13.9. The molecule has 2 rings (SSSR count). The lowest BCUT2D eigenvalue weighted by atomic mass is 10.3. The van der Waals surface area contributed by atoms with E-state index in [4.69, 9.17) is 27.9 Å². The van der Waals surface area contributed by atoms with E-state index in [1.165, 1.54) is 18.9 Å². The van der Waals surface area contributed by atoms with Crippen molar-refractivity contribution in [1.82, 2.24) is 9.78 Å². The van der Waals surface area contributed by atoms with Gasteiger partial charge in [-0.05, 0) is 32.9 Å². The van der Waals surface area contributed by atoms with E-state index in [1.54, 1.807) is 23.7 Å². The van der Waals surface area contributed by atoms with E-state index in [9.17, 15) is 4.79 Å². The van der Waals surface area contributed by atoms with Crippen molar-refractivity contribution < 1.29 is 14.3 Å². The average molecular weight is 389 g/mol. The summed E-state index contributed by atoms with van der Waals surface area (Å²) < 4.78 is 12.1. The predicted octanol–water partition coefficient (Wildman–Crippen LogP) is 4.44. The summed E-state index contributed by atoms with van der Waals surface area (Å²) in [6.07, 6.45) is -0.771. The Hall–Kier alpha value is -1.37. The molecular weight excluding hydrogens is 371 g/mol. The molecule has 5 nitrogen and oxygen atoms in total. The first-order valence-electron chi connectivity index (χ1n) is 7.16. The normalized spacial score (nSPS) is 12.1. The minimum atomic E-state index is -0.771. The van der Waals surface area contributed by atoms with E-state index in [1.807, 2.05) is 20.9 Å². The second kappa shape index (κ2) is 7.68. The smallest absolute Gasteiger partial charge is 0.346 e. The van der Waals surface area contributed by atoms with Crippen LogP contribution in [0.15, 0.2) is 22.1 Å². The van der Waals surface area contributed by atoms with Gasteiger partial charge < -0.3 is 9.47 Å². The number of hydrogen-bond donors (Lipinski definition) is 0. The van der Waals surface area contributed by atoms with E-state index in [0.29, 0.717) is 15.8 Å². The summed E-state index contributed by atoms with van der Waals surface area (Å²) in [7, 11) is 3.18. The molecule has 0 bridgehead atoms. The first kappa shape index (κ1) is 19.0. The van der Waals surface area contributed by atoms with Crippen LogP contribution in [0, 0.1) is 13.8 Å². The van der Waals surface area contributed by atoms with Crippen LogP contribution < -0.4 is 4.74 Å². The lowest BCUT2D eigenvalue weighted by Gasteiger charge is -2.15. The number of halogens is 2. The van der Waals surface area contributed by atoms with Gasteiger partial charge in [-0.15, -0.1) is 0 Å². The number of rotatable bonds is 5. The van der Waals surface area contributed by atoms with Crippen molar-refractivity contribution in [3.05, 3.63) is 33.4 Å². The van der Waals surface area contributed by atoms with Crippen LogP contribution in [0.4, 0.5) is 0 Å². The number of aromatic nitrogens is 2. The van der Waals surface area contributed by atoms with Gasteiger partial charge in [-0.2, -0.15) is 5.10 Å². The zero-order valence-corrected chi connectivity index (χ0v) is 16.3. The standard InChI is InChI=1S/C16H18Cl2N2O3S/c1-8-9(2)19-20(4)15(8)24-14-7-13(11(17)6-12(14)18)23-10(3)16(21)22-5/h6-7,10H,1-5H3/t10-/m0/s1.